The van der Waals surface area contributed by atoms with Crippen molar-refractivity contribution < 1.29 is 9.15 Å². The summed E-state index contributed by atoms with van der Waals surface area (Å²) in [6.45, 7) is 5.70. The first-order valence-electron chi connectivity index (χ1n) is 5.28. The highest BCUT2D eigenvalue weighted by molar-refractivity contribution is 5.04. The Morgan fingerprint density at radius 1 is 1.40 bits per heavy atom. The van der Waals surface area contributed by atoms with Crippen LogP contribution in [0, 0.1) is 0 Å². The minimum absolute atomic E-state index is 0.277. The molecule has 0 spiro atoms. The van der Waals surface area contributed by atoms with E-state index in [2.05, 4.69) is 10.6 Å². The van der Waals surface area contributed by atoms with Gasteiger partial charge in [-0.1, -0.05) is 0 Å². The van der Waals surface area contributed by atoms with Crippen LogP contribution in [-0.4, -0.2) is 32.8 Å². The molecule has 86 valence electrons. The third-order valence-corrected chi connectivity index (χ3v) is 2.22. The van der Waals surface area contributed by atoms with Crippen LogP contribution in [0.3, 0.4) is 0 Å². The van der Waals surface area contributed by atoms with Crippen molar-refractivity contribution in [1.82, 2.24) is 10.6 Å². The quantitative estimate of drug-likeness (QED) is 0.631. The van der Waals surface area contributed by atoms with Gasteiger partial charge in [-0.3, -0.25) is 0 Å². The summed E-state index contributed by atoms with van der Waals surface area (Å²) in [4.78, 5) is 0. The zero-order valence-electron chi connectivity index (χ0n) is 9.45. The Balaban J connectivity index is 1.89. The van der Waals surface area contributed by atoms with Crippen molar-refractivity contribution in [2.24, 2.45) is 0 Å². The van der Waals surface area contributed by atoms with Gasteiger partial charge in [0.05, 0.1) is 18.6 Å². The number of hydrogen-bond acceptors (Lipinski definition) is 4. The van der Waals surface area contributed by atoms with Gasteiger partial charge >= 0.3 is 0 Å². The number of hydrogen-bond donors (Lipinski definition) is 2. The predicted octanol–water partition coefficient (Wildman–Crippen LogP) is 0.994. The van der Waals surface area contributed by atoms with E-state index < -0.39 is 0 Å². The van der Waals surface area contributed by atoms with E-state index in [4.69, 9.17) is 9.15 Å². The third kappa shape index (κ3) is 5.57. The van der Waals surface area contributed by atoms with Gasteiger partial charge in [0.25, 0.3) is 0 Å². The van der Waals surface area contributed by atoms with E-state index >= 15 is 0 Å². The van der Waals surface area contributed by atoms with Gasteiger partial charge in [0.1, 0.15) is 0 Å². The Labute approximate surface area is 91.0 Å². The Morgan fingerprint density at radius 3 is 2.87 bits per heavy atom. The molecule has 0 amide bonds. The fourth-order valence-electron chi connectivity index (χ4n) is 1.19. The molecular weight excluding hydrogens is 192 g/mol. The van der Waals surface area contributed by atoms with Crippen molar-refractivity contribution >= 4 is 0 Å². The number of rotatable bonds is 8. The first-order valence-corrected chi connectivity index (χ1v) is 5.28. The maximum Gasteiger partial charge on any atom is 0.0947 e. The molecule has 1 aromatic heterocycles. The molecular formula is C11H20N2O2. The van der Waals surface area contributed by atoms with Crippen LogP contribution in [-0.2, 0) is 11.3 Å². The summed E-state index contributed by atoms with van der Waals surface area (Å²) in [5, 5.41) is 6.62. The lowest BCUT2D eigenvalue weighted by Gasteiger charge is -2.10. The Morgan fingerprint density at radius 2 is 2.20 bits per heavy atom. The van der Waals surface area contributed by atoms with Gasteiger partial charge in [-0.05, 0) is 13.0 Å². The number of methoxy groups -OCH3 is 1. The van der Waals surface area contributed by atoms with Gasteiger partial charge in [0, 0.05) is 38.9 Å². The highest BCUT2D eigenvalue weighted by atomic mass is 16.5. The third-order valence-electron chi connectivity index (χ3n) is 2.22. The summed E-state index contributed by atoms with van der Waals surface area (Å²) in [5.74, 6) is 0. The van der Waals surface area contributed by atoms with Gasteiger partial charge in [0.2, 0.25) is 0 Å². The molecule has 2 N–H and O–H groups in total. The molecule has 1 unspecified atom stereocenters. The fourth-order valence-corrected chi connectivity index (χ4v) is 1.19. The lowest BCUT2D eigenvalue weighted by molar-refractivity contribution is 0.117. The van der Waals surface area contributed by atoms with Gasteiger partial charge in [-0.25, -0.2) is 0 Å². The van der Waals surface area contributed by atoms with E-state index in [1.807, 2.05) is 13.0 Å². The van der Waals surface area contributed by atoms with Crippen LogP contribution in [0.2, 0.25) is 0 Å². The molecule has 4 nitrogen and oxygen atoms in total. The molecule has 0 saturated heterocycles. The Kier molecular flexibility index (Phi) is 6.08. The van der Waals surface area contributed by atoms with E-state index in [1.54, 1.807) is 19.6 Å². The van der Waals surface area contributed by atoms with Crippen molar-refractivity contribution in [1.29, 1.82) is 0 Å². The van der Waals surface area contributed by atoms with Crippen LogP contribution >= 0.6 is 0 Å². The minimum atomic E-state index is 0.277. The van der Waals surface area contributed by atoms with Crippen LogP contribution in [0.15, 0.2) is 23.0 Å². The standard InChI is InChI=1S/C11H20N2O2/c1-10(14-2)7-12-4-5-13-8-11-3-6-15-9-11/h3,6,9-10,12-13H,4-5,7-8H2,1-2H3. The first-order chi connectivity index (χ1) is 7.33. The average Bonchev–Trinajstić information content (AvgIpc) is 2.75. The van der Waals surface area contributed by atoms with E-state index in [1.165, 1.54) is 5.56 Å². The second-order valence-corrected chi connectivity index (χ2v) is 3.56. The van der Waals surface area contributed by atoms with E-state index in [9.17, 15) is 0 Å². The maximum atomic E-state index is 5.12. The van der Waals surface area contributed by atoms with Gasteiger partial charge < -0.3 is 19.8 Å². The second-order valence-electron chi connectivity index (χ2n) is 3.56. The molecule has 0 aromatic carbocycles. The summed E-state index contributed by atoms with van der Waals surface area (Å²) in [5.41, 5.74) is 1.18. The molecule has 0 aliphatic carbocycles. The first kappa shape index (κ1) is 12.2. The molecule has 4 heteroatoms. The van der Waals surface area contributed by atoms with E-state index in [-0.39, 0.29) is 6.10 Å². The van der Waals surface area contributed by atoms with E-state index in [0.717, 1.165) is 26.2 Å². The summed E-state index contributed by atoms with van der Waals surface area (Å²) >= 11 is 0. The SMILES string of the molecule is COC(C)CNCCNCc1ccoc1. The molecule has 1 rings (SSSR count). The van der Waals surface area contributed by atoms with Crippen molar-refractivity contribution in [3.8, 4) is 0 Å². The second kappa shape index (κ2) is 7.45. The topological polar surface area (TPSA) is 46.4 Å². The van der Waals surface area contributed by atoms with Gasteiger partial charge in [0.15, 0.2) is 0 Å². The highest BCUT2D eigenvalue weighted by Crippen LogP contribution is 1.97. The number of furan rings is 1. The monoisotopic (exact) mass is 212 g/mol. The Hall–Kier alpha value is -0.840. The van der Waals surface area contributed by atoms with Crippen LogP contribution in [0.4, 0.5) is 0 Å². The summed E-state index contributed by atoms with van der Waals surface area (Å²) in [6, 6.07) is 1.97. The molecule has 1 atom stereocenters. The number of ether oxygens (including phenoxy) is 1. The minimum Gasteiger partial charge on any atom is -0.472 e. The smallest absolute Gasteiger partial charge is 0.0947 e. The van der Waals surface area contributed by atoms with Crippen molar-refractivity contribution in [3.05, 3.63) is 24.2 Å². The predicted molar refractivity (Wildman–Crippen MR) is 59.8 cm³/mol. The fraction of sp³-hybridized carbons (Fsp3) is 0.636. The van der Waals surface area contributed by atoms with Crippen LogP contribution in [0.5, 0.6) is 0 Å². The highest BCUT2D eigenvalue weighted by Gasteiger charge is 1.97. The normalized spacial score (nSPS) is 12.9. The average molecular weight is 212 g/mol. The van der Waals surface area contributed by atoms with Crippen LogP contribution in [0.1, 0.15) is 12.5 Å². The zero-order valence-corrected chi connectivity index (χ0v) is 9.45. The molecule has 0 bridgehead atoms. The molecule has 15 heavy (non-hydrogen) atoms. The molecule has 1 heterocycles. The van der Waals surface area contributed by atoms with Gasteiger partial charge in [-0.15, -0.1) is 0 Å². The molecule has 0 aliphatic heterocycles. The van der Waals surface area contributed by atoms with E-state index in [0.29, 0.717) is 0 Å². The molecule has 0 fully saturated rings. The lowest BCUT2D eigenvalue weighted by atomic mass is 10.3. The lowest BCUT2D eigenvalue weighted by Crippen LogP contribution is -2.32. The largest absolute Gasteiger partial charge is 0.472 e. The van der Waals surface area contributed by atoms with Crippen molar-refractivity contribution in [2.45, 2.75) is 19.6 Å². The molecule has 1 aromatic rings. The number of nitrogens with one attached hydrogen (secondary N) is 2. The zero-order chi connectivity index (χ0) is 10.9. The molecule has 0 radical (unpaired) electrons. The molecule has 0 saturated carbocycles. The molecule has 0 aliphatic rings. The van der Waals surface area contributed by atoms with Gasteiger partial charge in [-0.2, -0.15) is 0 Å². The summed E-state index contributed by atoms with van der Waals surface area (Å²) in [6.07, 6.45) is 3.72. The Bertz CT molecular complexity index is 237. The maximum absolute atomic E-state index is 5.12. The van der Waals surface area contributed by atoms with Crippen LogP contribution < -0.4 is 10.6 Å². The van der Waals surface area contributed by atoms with Crippen LogP contribution in [0.25, 0.3) is 0 Å². The van der Waals surface area contributed by atoms with Crippen molar-refractivity contribution in [2.75, 3.05) is 26.7 Å². The van der Waals surface area contributed by atoms with Crippen molar-refractivity contribution in [3.63, 3.8) is 0 Å². The summed E-state index contributed by atoms with van der Waals surface area (Å²) in [7, 11) is 1.73. The summed E-state index contributed by atoms with van der Waals surface area (Å²) < 4.78 is 10.1.